The van der Waals surface area contributed by atoms with E-state index in [1.165, 1.54) is 0 Å². The van der Waals surface area contributed by atoms with E-state index < -0.39 is 0 Å². The summed E-state index contributed by atoms with van der Waals surface area (Å²) in [7, 11) is 0. The van der Waals surface area contributed by atoms with Crippen molar-refractivity contribution in [2.45, 2.75) is 19.3 Å². The highest BCUT2D eigenvalue weighted by Gasteiger charge is 1.97. The summed E-state index contributed by atoms with van der Waals surface area (Å²) in [6.45, 7) is 0.518. The van der Waals surface area contributed by atoms with Crippen LogP contribution in [0.3, 0.4) is 0 Å². The molecule has 2 N–H and O–H groups in total. The number of hydrogen-bond donors (Lipinski definition) is 1. The van der Waals surface area contributed by atoms with Gasteiger partial charge in [0, 0.05) is 6.42 Å². The van der Waals surface area contributed by atoms with Crippen molar-refractivity contribution in [1.29, 1.82) is 0 Å². The van der Waals surface area contributed by atoms with Gasteiger partial charge < -0.3 is 10.5 Å². The Hall–Kier alpha value is -0.700. The van der Waals surface area contributed by atoms with Crippen LogP contribution in [0.15, 0.2) is 0 Å². The first-order chi connectivity index (χ1) is 4.31. The topological polar surface area (TPSA) is 60.2 Å². The van der Waals surface area contributed by atoms with Crippen molar-refractivity contribution in [2.75, 3.05) is 6.54 Å². The second-order valence-corrected chi connectivity index (χ2v) is 1.80. The molecule has 9 heavy (non-hydrogen) atoms. The van der Waals surface area contributed by atoms with Crippen molar-refractivity contribution < 1.29 is 9.59 Å². The van der Waals surface area contributed by atoms with E-state index in [1.54, 1.807) is 0 Å². The first-order valence-corrected chi connectivity index (χ1v) is 2.96. The average molecular weight is 129 g/mol. The van der Waals surface area contributed by atoms with Crippen molar-refractivity contribution in [1.82, 2.24) is 0 Å². The highest BCUT2D eigenvalue weighted by molar-refractivity contribution is 5.89. The lowest BCUT2D eigenvalue weighted by Gasteiger charge is -1.90. The molecule has 0 radical (unpaired) electrons. The first-order valence-electron chi connectivity index (χ1n) is 2.96. The van der Waals surface area contributed by atoms with Gasteiger partial charge in [-0.2, -0.15) is 0 Å². The molecule has 0 saturated heterocycles. The third kappa shape index (κ3) is 5.17. The van der Waals surface area contributed by atoms with E-state index in [9.17, 15) is 9.59 Å². The van der Waals surface area contributed by atoms with Crippen LogP contribution < -0.4 is 5.73 Å². The van der Waals surface area contributed by atoms with Crippen LogP contribution in [-0.2, 0) is 9.59 Å². The van der Waals surface area contributed by atoms with E-state index in [0.29, 0.717) is 25.7 Å². The van der Waals surface area contributed by atoms with Crippen molar-refractivity contribution in [3.8, 4) is 0 Å². The Labute approximate surface area is 54.2 Å². The Balaban J connectivity index is 3.16. The Bertz CT molecular complexity index is 101. The van der Waals surface area contributed by atoms with Crippen molar-refractivity contribution >= 4 is 12.1 Å². The number of nitrogens with two attached hydrogens (primary N) is 1. The number of carbonyl (C=O) groups is 2. The highest BCUT2D eigenvalue weighted by atomic mass is 16.1. The van der Waals surface area contributed by atoms with E-state index in [1.807, 2.05) is 0 Å². The number of aldehydes is 1. The van der Waals surface area contributed by atoms with Gasteiger partial charge in [0.1, 0.15) is 12.1 Å². The lowest BCUT2D eigenvalue weighted by atomic mass is 10.2. The fourth-order valence-electron chi connectivity index (χ4n) is 0.494. The van der Waals surface area contributed by atoms with Crippen LogP contribution in [0.1, 0.15) is 19.3 Å². The molecular formula is C6H11NO2. The van der Waals surface area contributed by atoms with Gasteiger partial charge >= 0.3 is 0 Å². The van der Waals surface area contributed by atoms with E-state index in [2.05, 4.69) is 0 Å². The molecule has 0 fully saturated rings. The molecule has 0 unspecified atom stereocenters. The van der Waals surface area contributed by atoms with Crippen LogP contribution in [0.5, 0.6) is 0 Å². The van der Waals surface area contributed by atoms with Gasteiger partial charge in [-0.05, 0) is 13.0 Å². The van der Waals surface area contributed by atoms with Gasteiger partial charge in [-0.3, -0.25) is 4.79 Å². The fraction of sp³-hybridized carbons (Fsp3) is 0.667. The largest absolute Gasteiger partial charge is 0.330 e. The molecule has 0 bridgehead atoms. The summed E-state index contributed by atoms with van der Waals surface area (Å²) in [6, 6.07) is 0. The lowest BCUT2D eigenvalue weighted by molar-refractivity contribution is -0.122. The standard InChI is InChI=1S/C6H11NO2/c7-4-1-2-6(9)3-5-8/h5H,1-4,7H2. The van der Waals surface area contributed by atoms with Crippen molar-refractivity contribution in [2.24, 2.45) is 5.73 Å². The van der Waals surface area contributed by atoms with Gasteiger partial charge in [0.2, 0.25) is 0 Å². The zero-order valence-corrected chi connectivity index (χ0v) is 5.30. The second kappa shape index (κ2) is 5.44. The summed E-state index contributed by atoms with van der Waals surface area (Å²) >= 11 is 0. The zero-order valence-electron chi connectivity index (χ0n) is 5.30. The molecule has 0 aromatic carbocycles. The summed E-state index contributed by atoms with van der Waals surface area (Å²) in [4.78, 5) is 20.2. The molecule has 0 aliphatic heterocycles. The summed E-state index contributed by atoms with van der Waals surface area (Å²) in [6.07, 6.45) is 1.79. The molecule has 0 aromatic heterocycles. The molecule has 3 heteroatoms. The normalized spacial score (nSPS) is 9.00. The van der Waals surface area contributed by atoms with Crippen molar-refractivity contribution in [3.05, 3.63) is 0 Å². The van der Waals surface area contributed by atoms with Gasteiger partial charge in [-0.25, -0.2) is 0 Å². The van der Waals surface area contributed by atoms with E-state index in [0.717, 1.165) is 0 Å². The first kappa shape index (κ1) is 8.30. The monoisotopic (exact) mass is 129 g/mol. The molecule has 0 amide bonds. The molecule has 0 rings (SSSR count). The van der Waals surface area contributed by atoms with Gasteiger partial charge in [-0.15, -0.1) is 0 Å². The molecule has 0 heterocycles. The molecule has 0 aromatic rings. The third-order valence-electron chi connectivity index (χ3n) is 0.971. The Morgan fingerprint density at radius 3 is 2.67 bits per heavy atom. The third-order valence-corrected chi connectivity index (χ3v) is 0.971. The van der Waals surface area contributed by atoms with E-state index in [4.69, 9.17) is 5.73 Å². The van der Waals surface area contributed by atoms with E-state index in [-0.39, 0.29) is 12.2 Å². The van der Waals surface area contributed by atoms with Crippen LogP contribution in [0, 0.1) is 0 Å². The molecule has 52 valence electrons. The number of hydrogen-bond acceptors (Lipinski definition) is 3. The molecule has 0 aliphatic carbocycles. The van der Waals surface area contributed by atoms with Gasteiger partial charge in [0.15, 0.2) is 0 Å². The number of Topliss-reactive ketones (excluding diaryl/α,β-unsaturated/α-hetero) is 1. The summed E-state index contributed by atoms with van der Waals surface area (Å²) < 4.78 is 0. The number of rotatable bonds is 5. The molecule has 3 nitrogen and oxygen atoms in total. The molecular weight excluding hydrogens is 118 g/mol. The number of carbonyl (C=O) groups excluding carboxylic acids is 2. The average Bonchev–Trinajstić information content (AvgIpc) is 1.85. The van der Waals surface area contributed by atoms with Gasteiger partial charge in [0.05, 0.1) is 6.42 Å². The minimum atomic E-state index is -0.0181. The maximum absolute atomic E-state index is 10.5. The summed E-state index contributed by atoms with van der Waals surface area (Å²) in [5.74, 6) is -0.0181. The SMILES string of the molecule is NCCCC(=O)CC=O. The predicted molar refractivity (Wildman–Crippen MR) is 34.0 cm³/mol. The second-order valence-electron chi connectivity index (χ2n) is 1.80. The quantitative estimate of drug-likeness (QED) is 0.416. The number of ketones is 1. The Morgan fingerprint density at radius 2 is 2.22 bits per heavy atom. The summed E-state index contributed by atoms with van der Waals surface area (Å²) in [5.41, 5.74) is 5.13. The smallest absolute Gasteiger partial charge is 0.140 e. The summed E-state index contributed by atoms with van der Waals surface area (Å²) in [5, 5.41) is 0. The van der Waals surface area contributed by atoms with Crippen LogP contribution >= 0.6 is 0 Å². The molecule has 0 spiro atoms. The molecule has 0 saturated carbocycles. The minimum Gasteiger partial charge on any atom is -0.330 e. The maximum atomic E-state index is 10.5. The zero-order chi connectivity index (χ0) is 7.11. The van der Waals surface area contributed by atoms with Gasteiger partial charge in [-0.1, -0.05) is 0 Å². The van der Waals surface area contributed by atoms with Crippen LogP contribution in [-0.4, -0.2) is 18.6 Å². The van der Waals surface area contributed by atoms with Crippen molar-refractivity contribution in [3.63, 3.8) is 0 Å². The van der Waals surface area contributed by atoms with Crippen LogP contribution in [0.25, 0.3) is 0 Å². The minimum absolute atomic E-state index is 0.0181. The molecule has 0 aliphatic rings. The van der Waals surface area contributed by atoms with Crippen LogP contribution in [0.4, 0.5) is 0 Å². The maximum Gasteiger partial charge on any atom is 0.140 e. The van der Waals surface area contributed by atoms with E-state index >= 15 is 0 Å². The predicted octanol–water partition coefficient (Wildman–Crippen LogP) is -0.117. The molecule has 0 atom stereocenters. The van der Waals surface area contributed by atoms with Crippen LogP contribution in [0.2, 0.25) is 0 Å². The fourth-order valence-corrected chi connectivity index (χ4v) is 0.494. The lowest BCUT2D eigenvalue weighted by Crippen LogP contribution is -2.04. The van der Waals surface area contributed by atoms with Gasteiger partial charge in [0.25, 0.3) is 0 Å². The Kier molecular flexibility index (Phi) is 5.01. The Morgan fingerprint density at radius 1 is 1.56 bits per heavy atom. The highest BCUT2D eigenvalue weighted by Crippen LogP contribution is 1.90.